The van der Waals surface area contributed by atoms with Gasteiger partial charge in [-0.3, -0.25) is 19.6 Å². The average Bonchev–Trinajstić information content (AvgIpc) is 2.76. The molecule has 8 nitrogen and oxygen atoms in total. The highest BCUT2D eigenvalue weighted by atomic mass is 127. The van der Waals surface area contributed by atoms with Crippen LogP contribution in [0.1, 0.15) is 21.6 Å². The Hall–Kier alpha value is -2.69. The van der Waals surface area contributed by atoms with Crippen molar-refractivity contribution in [2.24, 2.45) is 4.99 Å². The van der Waals surface area contributed by atoms with Gasteiger partial charge in [-0.15, -0.1) is 24.0 Å². The number of halogens is 1. The first-order chi connectivity index (χ1) is 14.2. The van der Waals surface area contributed by atoms with Crippen LogP contribution in [0, 0.1) is 0 Å². The maximum atomic E-state index is 12.5. The van der Waals surface area contributed by atoms with Gasteiger partial charge in [-0.25, -0.2) is 0 Å². The summed E-state index contributed by atoms with van der Waals surface area (Å²) < 4.78 is 0. The lowest BCUT2D eigenvalue weighted by Crippen LogP contribution is -2.49. The average molecular weight is 522 g/mol. The van der Waals surface area contributed by atoms with E-state index in [2.05, 4.69) is 25.9 Å². The zero-order valence-corrected chi connectivity index (χ0v) is 19.3. The van der Waals surface area contributed by atoms with Crippen molar-refractivity contribution in [2.75, 3.05) is 33.2 Å². The molecule has 9 heteroatoms. The molecule has 2 heterocycles. The molecule has 2 aromatic rings. The lowest BCUT2D eigenvalue weighted by Gasteiger charge is -2.26. The van der Waals surface area contributed by atoms with Crippen molar-refractivity contribution in [3.8, 4) is 0 Å². The van der Waals surface area contributed by atoms with Crippen LogP contribution in [0.3, 0.4) is 0 Å². The molecule has 1 aliphatic rings. The van der Waals surface area contributed by atoms with Crippen molar-refractivity contribution < 1.29 is 9.59 Å². The summed E-state index contributed by atoms with van der Waals surface area (Å²) in [6.45, 7) is 2.47. The maximum Gasteiger partial charge on any atom is 0.254 e. The van der Waals surface area contributed by atoms with Gasteiger partial charge >= 0.3 is 0 Å². The number of carbonyl (C=O) groups excluding carboxylic acids is 2. The van der Waals surface area contributed by atoms with Gasteiger partial charge in [0.15, 0.2) is 5.96 Å². The molecule has 30 heavy (non-hydrogen) atoms. The molecule has 2 amide bonds. The first kappa shape index (κ1) is 23.6. The van der Waals surface area contributed by atoms with E-state index in [0.717, 1.165) is 24.2 Å². The number of hydrogen-bond acceptors (Lipinski definition) is 4. The third-order valence-electron chi connectivity index (χ3n) is 4.61. The number of benzene rings is 1. The van der Waals surface area contributed by atoms with Gasteiger partial charge in [-0.1, -0.05) is 18.2 Å². The zero-order valence-electron chi connectivity index (χ0n) is 16.9. The number of aliphatic imine (C=N–C) groups is 1. The van der Waals surface area contributed by atoms with Gasteiger partial charge in [0.25, 0.3) is 5.91 Å². The van der Waals surface area contributed by atoms with Crippen LogP contribution in [0.15, 0.2) is 53.7 Å². The lowest BCUT2D eigenvalue weighted by atomic mass is 10.1. The molecular formula is C21H27IN6O2. The fourth-order valence-corrected chi connectivity index (χ4v) is 3.02. The molecule has 160 valence electrons. The summed E-state index contributed by atoms with van der Waals surface area (Å²) >= 11 is 0. The second-order valence-corrected chi connectivity index (χ2v) is 6.70. The molecule has 1 aliphatic heterocycles. The fraction of sp³-hybridized carbons (Fsp3) is 0.333. The van der Waals surface area contributed by atoms with Crippen molar-refractivity contribution in [2.45, 2.75) is 13.0 Å². The maximum absolute atomic E-state index is 12.5. The normalized spacial score (nSPS) is 13.8. The van der Waals surface area contributed by atoms with Crippen LogP contribution in [0.25, 0.3) is 0 Å². The van der Waals surface area contributed by atoms with Gasteiger partial charge in [0.05, 0.1) is 6.54 Å². The van der Waals surface area contributed by atoms with Gasteiger partial charge in [-0.2, -0.15) is 0 Å². The Morgan fingerprint density at radius 1 is 1.20 bits per heavy atom. The molecular weight excluding hydrogens is 495 g/mol. The summed E-state index contributed by atoms with van der Waals surface area (Å²) in [5.41, 5.74) is 2.65. The Kier molecular flexibility index (Phi) is 9.52. The highest BCUT2D eigenvalue weighted by Gasteiger charge is 2.22. The molecule has 0 spiro atoms. The van der Waals surface area contributed by atoms with Crippen LogP contribution < -0.4 is 16.0 Å². The van der Waals surface area contributed by atoms with E-state index < -0.39 is 0 Å². The molecule has 1 aromatic carbocycles. The van der Waals surface area contributed by atoms with Crippen LogP contribution in [0.4, 0.5) is 0 Å². The molecule has 0 atom stereocenters. The molecule has 3 N–H and O–H groups in total. The number of hydrogen-bond donors (Lipinski definition) is 3. The number of carbonyl (C=O) groups is 2. The number of piperazine rings is 1. The van der Waals surface area contributed by atoms with Crippen molar-refractivity contribution in [3.05, 3.63) is 65.5 Å². The van der Waals surface area contributed by atoms with E-state index in [9.17, 15) is 9.59 Å². The van der Waals surface area contributed by atoms with E-state index in [1.807, 2.05) is 30.3 Å². The molecule has 0 saturated carbocycles. The summed E-state index contributed by atoms with van der Waals surface area (Å²) in [5, 5.41) is 9.25. The Labute approximate surface area is 193 Å². The smallest absolute Gasteiger partial charge is 0.254 e. The van der Waals surface area contributed by atoms with Gasteiger partial charge in [0.1, 0.15) is 0 Å². The minimum absolute atomic E-state index is 0. The number of aromatic nitrogens is 1. The Morgan fingerprint density at radius 3 is 2.67 bits per heavy atom. The summed E-state index contributed by atoms with van der Waals surface area (Å²) in [7, 11) is 1.73. The first-order valence-corrected chi connectivity index (χ1v) is 9.65. The molecule has 0 bridgehead atoms. The Balaban J connectivity index is 0.00000320. The second-order valence-electron chi connectivity index (χ2n) is 6.70. The van der Waals surface area contributed by atoms with E-state index in [1.165, 1.54) is 0 Å². The largest absolute Gasteiger partial charge is 0.356 e. The molecule has 0 aliphatic carbocycles. The third kappa shape index (κ3) is 6.97. The summed E-state index contributed by atoms with van der Waals surface area (Å²) in [6, 6.07) is 13.3. The van der Waals surface area contributed by atoms with Crippen molar-refractivity contribution >= 4 is 41.8 Å². The van der Waals surface area contributed by atoms with Crippen LogP contribution in [-0.4, -0.2) is 60.9 Å². The zero-order chi connectivity index (χ0) is 20.5. The van der Waals surface area contributed by atoms with E-state index in [4.69, 9.17) is 0 Å². The molecule has 1 fully saturated rings. The number of pyridine rings is 1. The number of amides is 2. The molecule has 1 saturated heterocycles. The van der Waals surface area contributed by atoms with Crippen LogP contribution >= 0.6 is 24.0 Å². The first-order valence-electron chi connectivity index (χ1n) is 9.65. The number of rotatable bonds is 6. The van der Waals surface area contributed by atoms with E-state index in [-0.39, 0.29) is 42.3 Å². The quantitative estimate of drug-likeness (QED) is 0.301. The lowest BCUT2D eigenvalue weighted by molar-refractivity contribution is -0.123. The summed E-state index contributed by atoms with van der Waals surface area (Å²) in [4.78, 5) is 34.1. The molecule has 1 aromatic heterocycles. The third-order valence-corrected chi connectivity index (χ3v) is 4.61. The topological polar surface area (TPSA) is 98.7 Å². The Bertz CT molecular complexity index is 858. The fourth-order valence-electron chi connectivity index (χ4n) is 3.02. The van der Waals surface area contributed by atoms with Crippen LogP contribution in [0.2, 0.25) is 0 Å². The van der Waals surface area contributed by atoms with Crippen LogP contribution in [0.5, 0.6) is 0 Å². The van der Waals surface area contributed by atoms with Crippen molar-refractivity contribution in [1.29, 1.82) is 0 Å². The highest BCUT2D eigenvalue weighted by Crippen LogP contribution is 2.09. The monoisotopic (exact) mass is 522 g/mol. The van der Waals surface area contributed by atoms with Gasteiger partial charge in [0, 0.05) is 57.1 Å². The van der Waals surface area contributed by atoms with E-state index in [0.29, 0.717) is 31.2 Å². The number of guanidine groups is 1. The molecule has 0 unspecified atom stereocenters. The molecule has 0 radical (unpaired) electrons. The van der Waals surface area contributed by atoms with Gasteiger partial charge in [0.2, 0.25) is 5.91 Å². The van der Waals surface area contributed by atoms with Gasteiger partial charge < -0.3 is 20.9 Å². The highest BCUT2D eigenvalue weighted by molar-refractivity contribution is 14.0. The van der Waals surface area contributed by atoms with E-state index >= 15 is 0 Å². The van der Waals surface area contributed by atoms with Crippen molar-refractivity contribution in [3.63, 3.8) is 0 Å². The number of nitrogens with zero attached hydrogens (tertiary/aromatic N) is 3. The van der Waals surface area contributed by atoms with E-state index in [1.54, 1.807) is 30.3 Å². The summed E-state index contributed by atoms with van der Waals surface area (Å²) in [5.74, 6) is 0.471. The minimum atomic E-state index is -0.119. The summed E-state index contributed by atoms with van der Waals surface area (Å²) in [6.07, 6.45) is 2.60. The SMILES string of the molecule is CN=C(NCCc1ccccn1)NCc1ccc(C(=O)N2CCNC(=O)C2)cc1.I. The second kappa shape index (κ2) is 12.1. The standard InChI is InChI=1S/C21H26N6O2.HI/c1-22-21(25-11-9-18-4-2-3-10-23-18)26-14-16-5-7-17(8-6-16)20(29)27-13-12-24-19(28)15-27;/h2-8,10H,9,11-15H2,1H3,(H,24,28)(H2,22,25,26);1H. The predicted octanol–water partition coefficient (Wildman–Crippen LogP) is 1.18. The number of nitrogens with one attached hydrogen (secondary N) is 3. The van der Waals surface area contributed by atoms with Crippen LogP contribution in [-0.2, 0) is 17.8 Å². The predicted molar refractivity (Wildman–Crippen MR) is 127 cm³/mol. The Morgan fingerprint density at radius 2 is 2.00 bits per heavy atom. The molecule has 3 rings (SSSR count). The van der Waals surface area contributed by atoms with Gasteiger partial charge in [-0.05, 0) is 29.8 Å². The van der Waals surface area contributed by atoms with Crippen molar-refractivity contribution in [1.82, 2.24) is 25.8 Å². The minimum Gasteiger partial charge on any atom is -0.356 e.